The second-order valence-corrected chi connectivity index (χ2v) is 4.29. The van der Waals surface area contributed by atoms with Gasteiger partial charge in [0.05, 0.1) is 17.6 Å². The van der Waals surface area contributed by atoms with E-state index in [1.807, 2.05) is 5.83 Å². The number of anilines is 1. The minimum Gasteiger partial charge on any atom is -0.397 e. The van der Waals surface area contributed by atoms with Crippen LogP contribution in [0.5, 0.6) is 0 Å². The van der Waals surface area contributed by atoms with Crippen LogP contribution in [0.25, 0.3) is 11.3 Å². The summed E-state index contributed by atoms with van der Waals surface area (Å²) in [7, 11) is 0. The highest BCUT2D eigenvalue weighted by Gasteiger charge is 2.14. The molecule has 0 bridgehead atoms. The molecule has 1 aliphatic rings. The molecule has 0 saturated carbocycles. The molecule has 94 valence electrons. The maximum atomic E-state index is 5.79. The number of benzene rings is 1. The molecule has 0 amide bonds. The van der Waals surface area contributed by atoms with Crippen LogP contribution in [-0.4, -0.2) is 10.8 Å². The lowest BCUT2D eigenvalue weighted by Gasteiger charge is -2.08. The van der Waals surface area contributed by atoms with Crippen LogP contribution in [0.4, 0.5) is 5.69 Å². The van der Waals surface area contributed by atoms with Crippen molar-refractivity contribution in [3.63, 3.8) is 0 Å². The fourth-order valence-corrected chi connectivity index (χ4v) is 2.40. The summed E-state index contributed by atoms with van der Waals surface area (Å²) in [6, 6.07) is 10.6. The van der Waals surface area contributed by atoms with Crippen molar-refractivity contribution in [1.29, 1.82) is 0 Å². The Morgan fingerprint density at radius 2 is 1.83 bits per heavy atom. The molecule has 2 nitrogen and oxygen atoms in total. The third-order valence-corrected chi connectivity index (χ3v) is 3.15. The Kier molecular flexibility index (Phi) is 4.37. The third kappa shape index (κ3) is 2.56. The molecular weight excluding hydrogens is 288 g/mol. The summed E-state index contributed by atoms with van der Waals surface area (Å²) in [6.07, 6.45) is 5.13. The van der Waals surface area contributed by atoms with Gasteiger partial charge < -0.3 is 5.73 Å². The molecule has 3 rings (SSSR count). The molecule has 0 spiro atoms. The van der Waals surface area contributed by atoms with Gasteiger partial charge in [0.1, 0.15) is 0 Å². The van der Waals surface area contributed by atoms with Crippen molar-refractivity contribution < 1.29 is 0 Å². The number of nitrogen functional groups attached to an aromatic ring is 1. The summed E-state index contributed by atoms with van der Waals surface area (Å²) in [6.45, 7) is 0. The number of halogens is 1. The van der Waals surface area contributed by atoms with Gasteiger partial charge in [-0.15, -0.1) is 0 Å². The minimum absolute atomic E-state index is 0.762. The van der Waals surface area contributed by atoms with Gasteiger partial charge in [-0.05, 0) is 42.3 Å². The van der Waals surface area contributed by atoms with E-state index in [-0.39, 0.29) is 0 Å². The lowest BCUT2D eigenvalue weighted by Crippen LogP contribution is -1.95. The van der Waals surface area contributed by atoms with E-state index in [4.69, 9.17) is 5.73 Å². The Bertz CT molecular complexity index is 538. The Hall–Kier alpha value is -1.35. The average molecular weight is 305 g/mol. The van der Waals surface area contributed by atoms with E-state index >= 15 is 0 Å². The Balaban J connectivity index is 0.000000574. The van der Waals surface area contributed by atoms with E-state index < -0.39 is 0 Å². The lowest BCUT2D eigenvalue weighted by molar-refractivity contribution is 0.833. The van der Waals surface area contributed by atoms with Crippen molar-refractivity contribution in [2.24, 2.45) is 0 Å². The number of nitrogens with zero attached hydrogens (tertiary/aromatic N) is 1. The molecule has 1 aliphatic carbocycles. The highest BCUT2D eigenvalue weighted by Crippen LogP contribution is 2.31. The predicted octanol–water partition coefficient (Wildman–Crippen LogP) is 3.83. The summed E-state index contributed by atoms with van der Waals surface area (Å²) in [4.78, 5) is 4.50. The number of nitrogens with two attached hydrogens (primary N) is 1. The molecule has 0 aliphatic heterocycles. The fourth-order valence-electron chi connectivity index (χ4n) is 2.40. The second-order valence-electron chi connectivity index (χ2n) is 4.29. The number of aryl methyl sites for hydroxylation is 2. The number of pyridine rings is 1. The molecule has 1 heterocycles. The topological polar surface area (TPSA) is 38.9 Å². The summed E-state index contributed by atoms with van der Waals surface area (Å²) >= 11 is 2.94. The number of rotatable bonds is 0. The molecule has 0 fully saturated rings. The van der Waals surface area contributed by atoms with Crippen LogP contribution in [0.15, 0.2) is 36.5 Å². The first-order valence-electron chi connectivity index (χ1n) is 6.05. The molecule has 0 unspecified atom stereocenters. The smallest absolute Gasteiger partial charge is 0.0738 e. The zero-order chi connectivity index (χ0) is 13.0. The van der Waals surface area contributed by atoms with E-state index in [1.165, 1.54) is 23.1 Å². The minimum atomic E-state index is 0.762. The van der Waals surface area contributed by atoms with Gasteiger partial charge in [0.25, 0.3) is 0 Å². The maximum absolute atomic E-state index is 5.79. The first-order valence-corrected chi connectivity index (χ1v) is 7.63. The first-order chi connectivity index (χ1) is 8.84. The van der Waals surface area contributed by atoms with Gasteiger partial charge in [0.2, 0.25) is 0 Å². The van der Waals surface area contributed by atoms with Gasteiger partial charge in [-0.2, -0.15) is 0 Å². The molecule has 0 saturated heterocycles. The summed E-state index contributed by atoms with van der Waals surface area (Å²) in [5, 5.41) is 0. The van der Waals surface area contributed by atoms with Crippen molar-refractivity contribution in [2.45, 2.75) is 19.3 Å². The molecule has 1 aromatic heterocycles. The zero-order valence-corrected chi connectivity index (χ0v) is 12.1. The first kappa shape index (κ1) is 13.1. The van der Waals surface area contributed by atoms with Crippen LogP contribution in [0.3, 0.4) is 0 Å². The van der Waals surface area contributed by atoms with Crippen molar-refractivity contribution in [3.8, 4) is 11.3 Å². The molecule has 3 heteroatoms. The summed E-state index contributed by atoms with van der Waals surface area (Å²) < 4.78 is 0. The third-order valence-electron chi connectivity index (χ3n) is 3.15. The Morgan fingerprint density at radius 1 is 1.11 bits per heavy atom. The molecule has 0 radical (unpaired) electrons. The van der Waals surface area contributed by atoms with Crippen molar-refractivity contribution in [2.75, 3.05) is 11.6 Å². The average Bonchev–Trinajstić information content (AvgIpc) is 2.59. The van der Waals surface area contributed by atoms with E-state index in [0.29, 0.717) is 0 Å². The molecule has 18 heavy (non-hydrogen) atoms. The highest BCUT2D eigenvalue weighted by molar-refractivity contribution is 9.08. The summed E-state index contributed by atoms with van der Waals surface area (Å²) in [5.74, 6) is 1.81. The van der Waals surface area contributed by atoms with Crippen LogP contribution in [0, 0.1) is 0 Å². The monoisotopic (exact) mass is 304 g/mol. The predicted molar refractivity (Wildman–Crippen MR) is 81.0 cm³/mol. The van der Waals surface area contributed by atoms with Crippen LogP contribution in [0.1, 0.15) is 17.5 Å². The second kappa shape index (κ2) is 6.01. The number of alkyl halides is 1. The number of hydrogen-bond acceptors (Lipinski definition) is 2. The van der Waals surface area contributed by atoms with Crippen LogP contribution < -0.4 is 5.73 Å². The number of aromatic nitrogens is 1. The van der Waals surface area contributed by atoms with Gasteiger partial charge in [-0.25, -0.2) is 0 Å². The van der Waals surface area contributed by atoms with Gasteiger partial charge in [-0.3, -0.25) is 4.98 Å². The molecule has 2 N–H and O–H groups in total. The standard InChI is InChI=1S/C14H14N2.CH3Br/c15-12-8-11-6-3-5-10-4-1-2-7-13(10)14(11)16-9-12;1-2/h1-2,4,7-9H,3,5-6,15H2;1H3. The van der Waals surface area contributed by atoms with Crippen molar-refractivity contribution in [1.82, 2.24) is 4.98 Å². The van der Waals surface area contributed by atoms with Gasteiger partial charge in [0, 0.05) is 5.56 Å². The summed E-state index contributed by atoms with van der Waals surface area (Å²) in [5.41, 5.74) is 11.6. The largest absolute Gasteiger partial charge is 0.397 e. The number of fused-ring (bicyclic) bond motifs is 3. The van der Waals surface area contributed by atoms with Gasteiger partial charge >= 0.3 is 0 Å². The van der Waals surface area contributed by atoms with E-state index in [0.717, 1.165) is 24.2 Å². The zero-order valence-electron chi connectivity index (χ0n) is 10.5. The van der Waals surface area contributed by atoms with Crippen LogP contribution in [0.2, 0.25) is 0 Å². The maximum Gasteiger partial charge on any atom is 0.0738 e. The molecule has 0 atom stereocenters. The molecule has 1 aromatic carbocycles. The van der Waals surface area contributed by atoms with Crippen molar-refractivity contribution in [3.05, 3.63) is 47.7 Å². The molecular formula is C15H17BrN2. The Labute approximate surface area is 116 Å². The quantitative estimate of drug-likeness (QED) is 0.751. The highest BCUT2D eigenvalue weighted by atomic mass is 79.9. The number of hydrogen-bond donors (Lipinski definition) is 1. The molecule has 2 aromatic rings. The Morgan fingerprint density at radius 3 is 2.67 bits per heavy atom. The fraction of sp³-hybridized carbons (Fsp3) is 0.267. The lowest BCUT2D eigenvalue weighted by atomic mass is 10.0. The van der Waals surface area contributed by atoms with Crippen LogP contribution >= 0.6 is 15.9 Å². The van der Waals surface area contributed by atoms with E-state index in [9.17, 15) is 0 Å². The van der Waals surface area contributed by atoms with Gasteiger partial charge in [0.15, 0.2) is 0 Å². The van der Waals surface area contributed by atoms with E-state index in [1.54, 1.807) is 6.20 Å². The van der Waals surface area contributed by atoms with Crippen LogP contribution in [-0.2, 0) is 12.8 Å². The SMILES string of the molecule is CBr.Nc1cnc2c(c1)CCCc1ccccc1-2. The van der Waals surface area contributed by atoms with Gasteiger partial charge in [-0.1, -0.05) is 40.2 Å². The normalized spacial score (nSPS) is 12.6. The van der Waals surface area contributed by atoms with Crippen molar-refractivity contribution >= 4 is 21.6 Å². The van der Waals surface area contributed by atoms with E-state index in [2.05, 4.69) is 51.2 Å².